The topological polar surface area (TPSA) is 52.7 Å². The molecule has 0 saturated carbocycles. The summed E-state index contributed by atoms with van der Waals surface area (Å²) in [5.41, 5.74) is 0. The van der Waals surface area contributed by atoms with Gasteiger partial charge in [0.2, 0.25) is 0 Å². The van der Waals surface area contributed by atoms with Gasteiger partial charge in [0.05, 0.1) is 0 Å². The van der Waals surface area contributed by atoms with Gasteiger partial charge in [0.15, 0.2) is 0 Å². The molecular weight excluding hydrogens is 226 g/mol. The van der Waals surface area contributed by atoms with Crippen molar-refractivity contribution in [2.75, 3.05) is 26.2 Å². The number of hydrogen-bond donors (Lipinski definition) is 1. The zero-order chi connectivity index (χ0) is 11.8. The molecule has 6 heteroatoms. The first kappa shape index (κ1) is 12.3. The SMILES string of the molecule is CCNS(=O)(=O)N1CC2CCCN2CC1C. The van der Waals surface area contributed by atoms with Crippen LogP contribution in [0.3, 0.4) is 0 Å². The lowest BCUT2D eigenvalue weighted by Crippen LogP contribution is -2.58. The molecule has 1 N–H and O–H groups in total. The molecule has 2 unspecified atom stereocenters. The number of rotatable bonds is 3. The van der Waals surface area contributed by atoms with Gasteiger partial charge in [-0.2, -0.15) is 12.7 Å². The molecule has 2 heterocycles. The van der Waals surface area contributed by atoms with Crippen molar-refractivity contribution in [2.24, 2.45) is 0 Å². The van der Waals surface area contributed by atoms with E-state index in [1.54, 1.807) is 4.31 Å². The fourth-order valence-corrected chi connectivity index (χ4v) is 4.20. The summed E-state index contributed by atoms with van der Waals surface area (Å²) < 4.78 is 28.2. The van der Waals surface area contributed by atoms with E-state index in [2.05, 4.69) is 9.62 Å². The Morgan fingerprint density at radius 1 is 1.38 bits per heavy atom. The van der Waals surface area contributed by atoms with Gasteiger partial charge in [-0.3, -0.25) is 4.90 Å². The Hall–Kier alpha value is -0.170. The molecule has 0 aromatic rings. The highest BCUT2D eigenvalue weighted by atomic mass is 32.2. The maximum Gasteiger partial charge on any atom is 0.279 e. The molecular formula is C10H21N3O2S. The monoisotopic (exact) mass is 247 g/mol. The predicted molar refractivity (Wildman–Crippen MR) is 63.4 cm³/mol. The second-order valence-electron chi connectivity index (χ2n) is 4.71. The third-order valence-electron chi connectivity index (χ3n) is 3.52. The molecule has 0 aliphatic carbocycles. The zero-order valence-electron chi connectivity index (χ0n) is 10.0. The first-order valence-corrected chi connectivity index (χ1v) is 7.49. The van der Waals surface area contributed by atoms with Crippen LogP contribution in [-0.4, -0.2) is 55.9 Å². The molecule has 2 rings (SSSR count). The van der Waals surface area contributed by atoms with Crippen LogP contribution in [0.1, 0.15) is 26.7 Å². The van der Waals surface area contributed by atoms with E-state index in [9.17, 15) is 8.42 Å². The second-order valence-corrected chi connectivity index (χ2v) is 6.42. The summed E-state index contributed by atoms with van der Waals surface area (Å²) in [6, 6.07) is 0.517. The minimum Gasteiger partial charge on any atom is -0.297 e. The lowest BCUT2D eigenvalue weighted by Gasteiger charge is -2.41. The largest absolute Gasteiger partial charge is 0.297 e. The number of hydrogen-bond acceptors (Lipinski definition) is 3. The number of nitrogens with zero attached hydrogens (tertiary/aromatic N) is 2. The highest BCUT2D eigenvalue weighted by Crippen LogP contribution is 2.25. The maximum absolute atomic E-state index is 12.0. The molecule has 2 fully saturated rings. The minimum absolute atomic E-state index is 0.0819. The fraction of sp³-hybridized carbons (Fsp3) is 1.00. The zero-order valence-corrected chi connectivity index (χ0v) is 10.8. The maximum atomic E-state index is 12.0. The molecule has 5 nitrogen and oxygen atoms in total. The summed E-state index contributed by atoms with van der Waals surface area (Å²) in [6.07, 6.45) is 2.33. The van der Waals surface area contributed by atoms with E-state index in [0.29, 0.717) is 19.1 Å². The van der Waals surface area contributed by atoms with Gasteiger partial charge in [-0.1, -0.05) is 6.92 Å². The minimum atomic E-state index is -3.26. The Bertz CT molecular complexity index is 344. The lowest BCUT2D eigenvalue weighted by molar-refractivity contribution is 0.116. The van der Waals surface area contributed by atoms with Crippen LogP contribution in [0.2, 0.25) is 0 Å². The lowest BCUT2D eigenvalue weighted by atomic mass is 10.1. The Morgan fingerprint density at radius 3 is 2.81 bits per heavy atom. The molecule has 94 valence electrons. The molecule has 2 aliphatic rings. The number of piperazine rings is 1. The van der Waals surface area contributed by atoms with Crippen molar-refractivity contribution >= 4 is 10.2 Å². The molecule has 0 radical (unpaired) electrons. The highest BCUT2D eigenvalue weighted by molar-refractivity contribution is 7.87. The van der Waals surface area contributed by atoms with Gasteiger partial charge >= 0.3 is 0 Å². The molecule has 0 amide bonds. The van der Waals surface area contributed by atoms with Crippen LogP contribution in [0, 0.1) is 0 Å². The normalized spacial score (nSPS) is 32.9. The summed E-state index contributed by atoms with van der Waals surface area (Å²) in [5, 5.41) is 0. The summed E-state index contributed by atoms with van der Waals surface area (Å²) in [6.45, 7) is 6.91. The second kappa shape index (κ2) is 4.60. The summed E-state index contributed by atoms with van der Waals surface area (Å²) >= 11 is 0. The van der Waals surface area contributed by atoms with Gasteiger partial charge in [0, 0.05) is 31.7 Å². The van der Waals surface area contributed by atoms with E-state index >= 15 is 0 Å². The standard InChI is InChI=1S/C10H21N3O2S/c1-3-11-16(14,15)13-8-10-5-4-6-12(10)7-9(13)2/h9-11H,3-8H2,1-2H3. The molecule has 0 aromatic heterocycles. The quantitative estimate of drug-likeness (QED) is 0.764. The Morgan fingerprint density at radius 2 is 2.12 bits per heavy atom. The van der Waals surface area contributed by atoms with Crippen molar-refractivity contribution in [3.63, 3.8) is 0 Å². The Kier molecular flexibility index (Phi) is 3.53. The van der Waals surface area contributed by atoms with Crippen LogP contribution in [-0.2, 0) is 10.2 Å². The average molecular weight is 247 g/mol. The van der Waals surface area contributed by atoms with Gasteiger partial charge in [0.1, 0.15) is 0 Å². The van der Waals surface area contributed by atoms with Crippen LogP contribution in [0.25, 0.3) is 0 Å². The Labute approximate surface area is 98.0 Å². The summed E-state index contributed by atoms with van der Waals surface area (Å²) in [5.74, 6) is 0. The van der Waals surface area contributed by atoms with Crippen LogP contribution >= 0.6 is 0 Å². The first-order chi connectivity index (χ1) is 7.54. The van der Waals surface area contributed by atoms with E-state index in [4.69, 9.17) is 0 Å². The van der Waals surface area contributed by atoms with Crippen molar-refractivity contribution < 1.29 is 8.42 Å². The van der Waals surface area contributed by atoms with Gasteiger partial charge in [-0.15, -0.1) is 0 Å². The van der Waals surface area contributed by atoms with Gasteiger partial charge in [0.25, 0.3) is 10.2 Å². The number of nitrogens with one attached hydrogen (secondary N) is 1. The van der Waals surface area contributed by atoms with E-state index in [-0.39, 0.29) is 6.04 Å². The van der Waals surface area contributed by atoms with Crippen LogP contribution < -0.4 is 4.72 Å². The van der Waals surface area contributed by atoms with Crippen molar-refractivity contribution in [1.29, 1.82) is 0 Å². The van der Waals surface area contributed by atoms with Crippen LogP contribution in [0.15, 0.2) is 0 Å². The third kappa shape index (κ3) is 2.25. The van der Waals surface area contributed by atoms with Crippen LogP contribution in [0.4, 0.5) is 0 Å². The smallest absolute Gasteiger partial charge is 0.279 e. The van der Waals surface area contributed by atoms with Gasteiger partial charge < -0.3 is 0 Å². The van der Waals surface area contributed by atoms with E-state index in [0.717, 1.165) is 19.5 Å². The van der Waals surface area contributed by atoms with Crippen molar-refractivity contribution in [2.45, 2.75) is 38.8 Å². The third-order valence-corrected chi connectivity index (χ3v) is 5.30. The predicted octanol–water partition coefficient (Wildman–Crippen LogP) is 0.00920. The summed E-state index contributed by atoms with van der Waals surface area (Å²) in [7, 11) is -3.26. The first-order valence-electron chi connectivity index (χ1n) is 6.05. The van der Waals surface area contributed by atoms with E-state index in [1.165, 1.54) is 6.42 Å². The van der Waals surface area contributed by atoms with Crippen molar-refractivity contribution in [3.05, 3.63) is 0 Å². The molecule has 2 atom stereocenters. The Balaban J connectivity index is 2.10. The molecule has 16 heavy (non-hydrogen) atoms. The van der Waals surface area contributed by atoms with Crippen LogP contribution in [0.5, 0.6) is 0 Å². The van der Waals surface area contributed by atoms with Crippen molar-refractivity contribution in [1.82, 2.24) is 13.9 Å². The molecule has 0 bridgehead atoms. The molecule has 2 saturated heterocycles. The van der Waals surface area contributed by atoms with E-state index in [1.807, 2.05) is 13.8 Å². The highest BCUT2D eigenvalue weighted by Gasteiger charge is 2.39. The molecule has 2 aliphatic heterocycles. The number of fused-ring (bicyclic) bond motifs is 1. The van der Waals surface area contributed by atoms with E-state index < -0.39 is 10.2 Å². The summed E-state index contributed by atoms with van der Waals surface area (Å²) in [4.78, 5) is 2.42. The van der Waals surface area contributed by atoms with Crippen molar-refractivity contribution in [3.8, 4) is 0 Å². The molecule has 0 spiro atoms. The van der Waals surface area contributed by atoms with Gasteiger partial charge in [-0.25, -0.2) is 4.72 Å². The molecule has 0 aromatic carbocycles. The average Bonchev–Trinajstić information content (AvgIpc) is 2.63. The fourth-order valence-electron chi connectivity index (χ4n) is 2.76. The van der Waals surface area contributed by atoms with Gasteiger partial charge in [-0.05, 0) is 26.3 Å².